The van der Waals surface area contributed by atoms with Crippen LogP contribution in [0, 0.1) is 6.92 Å². The highest BCUT2D eigenvalue weighted by molar-refractivity contribution is 7.10. The number of likely N-dealkylation sites (tertiary alicyclic amines) is 1. The van der Waals surface area contributed by atoms with Crippen molar-refractivity contribution in [2.75, 3.05) is 6.61 Å². The van der Waals surface area contributed by atoms with Crippen LogP contribution in [-0.2, 0) is 16.1 Å². The fourth-order valence-electron chi connectivity index (χ4n) is 3.62. The third kappa shape index (κ3) is 3.86. The van der Waals surface area contributed by atoms with Gasteiger partial charge in [0.1, 0.15) is 23.3 Å². The first-order valence-electron chi connectivity index (χ1n) is 9.69. The number of carbonyl (C=O) groups is 2. The SMILES string of the molecule is CCOc1cc(/C(O)=C2/C(=O)C(=O)N(Cc3ccco3)C2c2sccc2C)ccc1Cl. The van der Waals surface area contributed by atoms with Gasteiger partial charge in [-0.15, -0.1) is 11.3 Å². The van der Waals surface area contributed by atoms with Crippen LogP contribution in [0.3, 0.4) is 0 Å². The summed E-state index contributed by atoms with van der Waals surface area (Å²) < 4.78 is 10.9. The van der Waals surface area contributed by atoms with Gasteiger partial charge in [-0.1, -0.05) is 11.6 Å². The first-order valence-corrected chi connectivity index (χ1v) is 11.0. The van der Waals surface area contributed by atoms with Crippen LogP contribution in [-0.4, -0.2) is 28.3 Å². The van der Waals surface area contributed by atoms with E-state index in [4.69, 9.17) is 20.8 Å². The fraction of sp³-hybridized carbons (Fsp3) is 0.217. The van der Waals surface area contributed by atoms with Crippen LogP contribution < -0.4 is 4.74 Å². The maximum absolute atomic E-state index is 13.1. The van der Waals surface area contributed by atoms with Crippen LogP contribution in [0.15, 0.2) is 58.0 Å². The Bertz CT molecular complexity index is 1160. The third-order valence-electron chi connectivity index (χ3n) is 5.10. The number of ketones is 1. The molecule has 1 aliphatic rings. The molecule has 1 N–H and O–H groups in total. The Kier molecular flexibility index (Phi) is 5.89. The topological polar surface area (TPSA) is 80.0 Å². The highest BCUT2D eigenvalue weighted by Gasteiger charge is 2.47. The predicted molar refractivity (Wildman–Crippen MR) is 118 cm³/mol. The largest absolute Gasteiger partial charge is 0.507 e. The molecule has 1 fully saturated rings. The summed E-state index contributed by atoms with van der Waals surface area (Å²) in [6.45, 7) is 4.24. The van der Waals surface area contributed by atoms with Crippen molar-refractivity contribution in [2.45, 2.75) is 26.4 Å². The van der Waals surface area contributed by atoms with Crippen LogP contribution in [0.4, 0.5) is 0 Å². The predicted octanol–water partition coefficient (Wildman–Crippen LogP) is 5.32. The van der Waals surface area contributed by atoms with E-state index in [2.05, 4.69) is 0 Å². The van der Waals surface area contributed by atoms with Gasteiger partial charge in [0.25, 0.3) is 11.7 Å². The monoisotopic (exact) mass is 457 g/mol. The van der Waals surface area contributed by atoms with E-state index < -0.39 is 17.7 Å². The van der Waals surface area contributed by atoms with E-state index in [-0.39, 0.29) is 17.9 Å². The molecule has 2 aromatic heterocycles. The minimum Gasteiger partial charge on any atom is -0.507 e. The molecule has 8 heteroatoms. The second-order valence-corrected chi connectivity index (χ2v) is 8.41. The molecule has 160 valence electrons. The lowest BCUT2D eigenvalue weighted by atomic mass is 9.98. The van der Waals surface area contributed by atoms with Gasteiger partial charge in [-0.2, -0.15) is 0 Å². The van der Waals surface area contributed by atoms with E-state index in [9.17, 15) is 14.7 Å². The standard InChI is InChI=1S/C23H20ClNO5S/c1-3-29-17-11-14(6-7-16(17)24)20(26)18-19(22-13(2)8-10-31-22)25(23(28)21(18)27)12-15-5-4-9-30-15/h4-11,19,26H,3,12H2,1-2H3/b20-18-. The lowest BCUT2D eigenvalue weighted by Crippen LogP contribution is -2.28. The van der Waals surface area contributed by atoms with Gasteiger partial charge in [0.2, 0.25) is 0 Å². The van der Waals surface area contributed by atoms with E-state index in [1.54, 1.807) is 30.3 Å². The van der Waals surface area contributed by atoms with Gasteiger partial charge < -0.3 is 19.2 Å². The van der Waals surface area contributed by atoms with Crippen LogP contribution >= 0.6 is 22.9 Å². The van der Waals surface area contributed by atoms with Crippen molar-refractivity contribution in [3.8, 4) is 5.75 Å². The Morgan fingerprint density at radius 2 is 2.10 bits per heavy atom. The van der Waals surface area contributed by atoms with Gasteiger partial charge in [0.15, 0.2) is 0 Å². The van der Waals surface area contributed by atoms with Crippen LogP contribution in [0.25, 0.3) is 5.76 Å². The number of aliphatic hydroxyl groups is 1. The molecule has 0 radical (unpaired) electrons. The number of hydrogen-bond acceptors (Lipinski definition) is 6. The number of benzene rings is 1. The summed E-state index contributed by atoms with van der Waals surface area (Å²) in [7, 11) is 0. The Morgan fingerprint density at radius 3 is 2.74 bits per heavy atom. The minimum atomic E-state index is -0.741. The Hall–Kier alpha value is -3.03. The Labute approximate surface area is 188 Å². The normalized spacial score (nSPS) is 18.0. The van der Waals surface area contributed by atoms with Crippen LogP contribution in [0.5, 0.6) is 5.75 Å². The highest BCUT2D eigenvalue weighted by atomic mass is 35.5. The number of thiophene rings is 1. The van der Waals surface area contributed by atoms with Gasteiger partial charge in [-0.25, -0.2) is 0 Å². The molecule has 1 saturated heterocycles. The van der Waals surface area contributed by atoms with E-state index in [0.717, 1.165) is 10.4 Å². The van der Waals surface area contributed by atoms with Crippen molar-refractivity contribution in [1.29, 1.82) is 0 Å². The second kappa shape index (κ2) is 8.61. The first kappa shape index (κ1) is 21.2. The molecule has 0 bridgehead atoms. The summed E-state index contributed by atoms with van der Waals surface area (Å²) >= 11 is 7.59. The second-order valence-electron chi connectivity index (χ2n) is 7.05. The van der Waals surface area contributed by atoms with Crippen molar-refractivity contribution >= 4 is 40.4 Å². The molecule has 0 saturated carbocycles. The van der Waals surface area contributed by atoms with Gasteiger partial charge in [0, 0.05) is 10.4 Å². The highest BCUT2D eigenvalue weighted by Crippen LogP contribution is 2.43. The molecule has 1 amide bonds. The molecule has 1 aliphatic heterocycles. The number of rotatable bonds is 6. The van der Waals surface area contributed by atoms with Gasteiger partial charge >= 0.3 is 0 Å². The number of halogens is 1. The molecule has 3 aromatic rings. The average molecular weight is 458 g/mol. The van der Waals surface area contributed by atoms with E-state index in [1.165, 1.54) is 22.5 Å². The fourth-order valence-corrected chi connectivity index (χ4v) is 4.84. The number of nitrogens with zero attached hydrogens (tertiary/aromatic N) is 1. The molecule has 4 rings (SSSR count). The van der Waals surface area contributed by atoms with Crippen LogP contribution in [0.2, 0.25) is 5.02 Å². The summed E-state index contributed by atoms with van der Waals surface area (Å²) in [6, 6.07) is 9.41. The summed E-state index contributed by atoms with van der Waals surface area (Å²) in [5.41, 5.74) is 1.31. The number of aryl methyl sites for hydroxylation is 1. The number of Topliss-reactive ketones (excluding diaryl/α,β-unsaturated/α-hetero) is 1. The molecule has 1 unspecified atom stereocenters. The lowest BCUT2D eigenvalue weighted by molar-refractivity contribution is -0.140. The summed E-state index contributed by atoms with van der Waals surface area (Å²) in [5.74, 6) is -0.756. The van der Waals surface area contributed by atoms with Gasteiger partial charge in [0.05, 0.1) is 30.0 Å². The Morgan fingerprint density at radius 1 is 1.29 bits per heavy atom. The quantitative estimate of drug-likeness (QED) is 0.307. The van der Waals surface area contributed by atoms with Gasteiger partial charge in [-0.3, -0.25) is 9.59 Å². The molecule has 6 nitrogen and oxygen atoms in total. The van der Waals surface area contributed by atoms with Crippen molar-refractivity contribution in [1.82, 2.24) is 4.90 Å². The van der Waals surface area contributed by atoms with E-state index >= 15 is 0 Å². The smallest absolute Gasteiger partial charge is 0.296 e. The van der Waals surface area contributed by atoms with Crippen molar-refractivity contribution in [3.05, 3.63) is 80.4 Å². The van der Waals surface area contributed by atoms with Crippen molar-refractivity contribution in [2.24, 2.45) is 0 Å². The molecule has 0 aliphatic carbocycles. The summed E-state index contributed by atoms with van der Waals surface area (Å²) in [5, 5.41) is 13.4. The molecule has 1 atom stereocenters. The van der Waals surface area contributed by atoms with Crippen molar-refractivity contribution < 1.29 is 23.8 Å². The number of carbonyl (C=O) groups excluding carboxylic acids is 2. The maximum atomic E-state index is 13.1. The zero-order valence-electron chi connectivity index (χ0n) is 16.9. The van der Waals surface area contributed by atoms with Gasteiger partial charge in [-0.05, 0) is 61.2 Å². The number of amides is 1. The van der Waals surface area contributed by atoms with E-state index in [0.29, 0.717) is 28.7 Å². The number of ether oxygens (including phenoxy) is 1. The third-order valence-corrected chi connectivity index (χ3v) is 6.48. The molecular formula is C23H20ClNO5S. The molecule has 0 spiro atoms. The zero-order chi connectivity index (χ0) is 22.1. The minimum absolute atomic E-state index is 0.0341. The molecule has 31 heavy (non-hydrogen) atoms. The summed E-state index contributed by atoms with van der Waals surface area (Å²) in [6.07, 6.45) is 1.51. The summed E-state index contributed by atoms with van der Waals surface area (Å²) in [4.78, 5) is 28.3. The number of aliphatic hydroxyl groups excluding tert-OH is 1. The van der Waals surface area contributed by atoms with Crippen LogP contribution in [0.1, 0.15) is 34.7 Å². The average Bonchev–Trinajstić information content (AvgIpc) is 3.47. The first-order chi connectivity index (χ1) is 14.9. The van der Waals surface area contributed by atoms with Crippen molar-refractivity contribution in [3.63, 3.8) is 0 Å². The molecular weight excluding hydrogens is 438 g/mol. The maximum Gasteiger partial charge on any atom is 0.296 e. The Balaban J connectivity index is 1.86. The van der Waals surface area contributed by atoms with E-state index in [1.807, 2.05) is 25.3 Å². The number of hydrogen-bond donors (Lipinski definition) is 1. The lowest BCUT2D eigenvalue weighted by Gasteiger charge is -2.24. The molecule has 1 aromatic carbocycles. The molecule has 3 heterocycles. The zero-order valence-corrected chi connectivity index (χ0v) is 18.5. The number of furan rings is 1.